The lowest BCUT2D eigenvalue weighted by Gasteiger charge is -2.14. The van der Waals surface area contributed by atoms with Crippen molar-refractivity contribution in [1.82, 2.24) is 5.32 Å². The molecule has 1 rings (SSSR count). The average molecular weight is 281 g/mol. The smallest absolute Gasteiger partial charge is 0.332 e. The summed E-state index contributed by atoms with van der Waals surface area (Å²) in [6, 6.07) is 6.84. The third-order valence-electron chi connectivity index (χ3n) is 2.61. The number of anilines is 2. The van der Waals surface area contributed by atoms with Crippen LogP contribution in [-0.2, 0) is 4.79 Å². The first kappa shape index (κ1) is 15.8. The van der Waals surface area contributed by atoms with Crippen LogP contribution in [-0.4, -0.2) is 49.0 Å². The van der Waals surface area contributed by atoms with E-state index in [-0.39, 0.29) is 13.0 Å². The Morgan fingerprint density at radius 1 is 1.35 bits per heavy atom. The van der Waals surface area contributed by atoms with Crippen LogP contribution in [0.25, 0.3) is 0 Å². The number of aliphatic hydroxyl groups excluding tert-OH is 1. The molecule has 7 heteroatoms. The van der Waals surface area contributed by atoms with Crippen molar-refractivity contribution in [2.24, 2.45) is 0 Å². The van der Waals surface area contributed by atoms with E-state index in [1.807, 2.05) is 37.2 Å². The number of aliphatic carboxylic acids is 1. The number of benzene rings is 1. The standard InChI is InChI=1S/C13H19N3O4/c1-16(2)10-5-3-4-9(8-10)15-13(20)14-7-6-11(17)12(18)19/h3-5,8,11,17H,6-7H2,1-2H3,(H,18,19)(H2,14,15,20)/t11-/m0/s1. The van der Waals surface area contributed by atoms with Crippen LogP contribution in [0.1, 0.15) is 6.42 Å². The number of nitrogens with zero attached hydrogens (tertiary/aromatic N) is 1. The van der Waals surface area contributed by atoms with Crippen molar-refractivity contribution < 1.29 is 19.8 Å². The van der Waals surface area contributed by atoms with Gasteiger partial charge in [-0.15, -0.1) is 0 Å². The summed E-state index contributed by atoms with van der Waals surface area (Å²) in [5.41, 5.74) is 1.58. The molecule has 1 atom stereocenters. The monoisotopic (exact) mass is 281 g/mol. The fraction of sp³-hybridized carbons (Fsp3) is 0.385. The number of carbonyl (C=O) groups is 2. The summed E-state index contributed by atoms with van der Waals surface area (Å²) in [5, 5.41) is 22.6. The van der Waals surface area contributed by atoms with E-state index in [2.05, 4.69) is 10.6 Å². The Labute approximate surface area is 117 Å². The highest BCUT2D eigenvalue weighted by Gasteiger charge is 2.12. The second-order valence-electron chi connectivity index (χ2n) is 4.47. The third-order valence-corrected chi connectivity index (χ3v) is 2.61. The van der Waals surface area contributed by atoms with Gasteiger partial charge in [-0.2, -0.15) is 0 Å². The summed E-state index contributed by atoms with van der Waals surface area (Å²) in [5.74, 6) is -1.30. The molecule has 1 aromatic carbocycles. The van der Waals surface area contributed by atoms with Crippen LogP contribution in [0.4, 0.5) is 16.2 Å². The Morgan fingerprint density at radius 3 is 2.65 bits per heavy atom. The SMILES string of the molecule is CN(C)c1cccc(NC(=O)NCC[C@H](O)C(=O)O)c1. The molecule has 2 amide bonds. The van der Waals surface area contributed by atoms with Crippen LogP contribution >= 0.6 is 0 Å². The van der Waals surface area contributed by atoms with Gasteiger partial charge in [0.1, 0.15) is 0 Å². The molecule has 0 heterocycles. The van der Waals surface area contributed by atoms with Crippen molar-refractivity contribution in [1.29, 1.82) is 0 Å². The molecule has 0 aliphatic heterocycles. The van der Waals surface area contributed by atoms with Gasteiger partial charge in [0.05, 0.1) is 0 Å². The zero-order valence-corrected chi connectivity index (χ0v) is 11.5. The molecule has 0 fully saturated rings. The predicted octanol–water partition coefficient (Wildman–Crippen LogP) is 0.710. The van der Waals surface area contributed by atoms with Crippen molar-refractivity contribution in [3.8, 4) is 0 Å². The average Bonchev–Trinajstić information content (AvgIpc) is 2.38. The third kappa shape index (κ3) is 5.15. The molecule has 7 nitrogen and oxygen atoms in total. The highest BCUT2D eigenvalue weighted by molar-refractivity contribution is 5.89. The van der Waals surface area contributed by atoms with Gasteiger partial charge < -0.3 is 25.7 Å². The molecule has 0 unspecified atom stereocenters. The minimum absolute atomic E-state index is 0.0412. The van der Waals surface area contributed by atoms with Crippen LogP contribution in [0.5, 0.6) is 0 Å². The highest BCUT2D eigenvalue weighted by atomic mass is 16.4. The van der Waals surface area contributed by atoms with Crippen LogP contribution in [0.2, 0.25) is 0 Å². The van der Waals surface area contributed by atoms with Gasteiger partial charge in [-0.05, 0) is 18.2 Å². The predicted molar refractivity (Wildman–Crippen MR) is 76.1 cm³/mol. The molecule has 0 radical (unpaired) electrons. The van der Waals surface area contributed by atoms with Crippen LogP contribution < -0.4 is 15.5 Å². The molecule has 1 aromatic rings. The van der Waals surface area contributed by atoms with E-state index in [9.17, 15) is 9.59 Å². The maximum absolute atomic E-state index is 11.6. The molecular formula is C13H19N3O4. The molecule has 110 valence electrons. The van der Waals surface area contributed by atoms with Gasteiger partial charge in [-0.1, -0.05) is 6.07 Å². The second-order valence-corrected chi connectivity index (χ2v) is 4.47. The maximum atomic E-state index is 11.6. The highest BCUT2D eigenvalue weighted by Crippen LogP contribution is 2.16. The summed E-state index contributed by atoms with van der Waals surface area (Å²) in [4.78, 5) is 23.9. The number of urea groups is 1. The molecule has 0 saturated carbocycles. The Bertz CT molecular complexity index is 476. The quantitative estimate of drug-likeness (QED) is 0.615. The molecule has 20 heavy (non-hydrogen) atoms. The first-order valence-corrected chi connectivity index (χ1v) is 6.13. The van der Waals surface area contributed by atoms with Crippen molar-refractivity contribution in [3.63, 3.8) is 0 Å². The van der Waals surface area contributed by atoms with E-state index in [1.54, 1.807) is 6.07 Å². The Kier molecular flexibility index (Phi) is 5.79. The van der Waals surface area contributed by atoms with Crippen LogP contribution in [0, 0.1) is 0 Å². The summed E-state index contributed by atoms with van der Waals surface area (Å²) in [6.45, 7) is 0.0761. The fourth-order valence-electron chi connectivity index (χ4n) is 1.48. The Balaban J connectivity index is 2.42. The second kappa shape index (κ2) is 7.34. The first-order chi connectivity index (χ1) is 9.40. The van der Waals surface area contributed by atoms with Crippen molar-refractivity contribution in [2.45, 2.75) is 12.5 Å². The van der Waals surface area contributed by atoms with E-state index >= 15 is 0 Å². The molecule has 0 aliphatic carbocycles. The lowest BCUT2D eigenvalue weighted by atomic mass is 10.2. The van der Waals surface area contributed by atoms with Gasteiger partial charge in [0, 0.05) is 38.4 Å². The van der Waals surface area contributed by atoms with E-state index in [0.29, 0.717) is 5.69 Å². The summed E-state index contributed by atoms with van der Waals surface area (Å²) in [6.07, 6.45) is -1.51. The molecule has 4 N–H and O–H groups in total. The maximum Gasteiger partial charge on any atom is 0.332 e. The van der Waals surface area contributed by atoms with Gasteiger partial charge in [0.15, 0.2) is 6.10 Å². The largest absolute Gasteiger partial charge is 0.479 e. The number of carboxylic acid groups (broad SMARTS) is 1. The van der Waals surface area contributed by atoms with Gasteiger partial charge in [-0.3, -0.25) is 0 Å². The molecule has 0 aromatic heterocycles. The van der Waals surface area contributed by atoms with Gasteiger partial charge in [0.25, 0.3) is 0 Å². The van der Waals surface area contributed by atoms with Crippen molar-refractivity contribution >= 4 is 23.4 Å². The van der Waals surface area contributed by atoms with E-state index in [4.69, 9.17) is 10.2 Å². The minimum atomic E-state index is -1.47. The minimum Gasteiger partial charge on any atom is -0.479 e. The molecule has 0 bridgehead atoms. The molecule has 0 aliphatic rings. The van der Waals surface area contributed by atoms with Crippen molar-refractivity contribution in [2.75, 3.05) is 30.9 Å². The number of hydrogen-bond donors (Lipinski definition) is 4. The lowest BCUT2D eigenvalue weighted by Crippen LogP contribution is -2.33. The topological polar surface area (TPSA) is 102 Å². The van der Waals surface area contributed by atoms with Crippen molar-refractivity contribution in [3.05, 3.63) is 24.3 Å². The zero-order valence-electron chi connectivity index (χ0n) is 11.5. The lowest BCUT2D eigenvalue weighted by molar-refractivity contribution is -0.146. The number of rotatable bonds is 6. The Morgan fingerprint density at radius 2 is 2.05 bits per heavy atom. The van der Waals surface area contributed by atoms with Gasteiger partial charge >= 0.3 is 12.0 Å². The number of hydrogen-bond acceptors (Lipinski definition) is 4. The fourth-order valence-corrected chi connectivity index (χ4v) is 1.48. The zero-order chi connectivity index (χ0) is 15.1. The first-order valence-electron chi connectivity index (χ1n) is 6.13. The number of aliphatic hydroxyl groups is 1. The van der Waals surface area contributed by atoms with E-state index in [0.717, 1.165) is 5.69 Å². The normalized spacial score (nSPS) is 11.6. The number of carbonyl (C=O) groups excluding carboxylic acids is 1. The summed E-state index contributed by atoms with van der Waals surface area (Å²) < 4.78 is 0. The van der Waals surface area contributed by atoms with E-state index in [1.165, 1.54) is 0 Å². The number of carboxylic acids is 1. The number of nitrogens with one attached hydrogen (secondary N) is 2. The molecule has 0 saturated heterocycles. The summed E-state index contributed by atoms with van der Waals surface area (Å²) >= 11 is 0. The van der Waals surface area contributed by atoms with E-state index < -0.39 is 18.1 Å². The van der Waals surface area contributed by atoms with Gasteiger partial charge in [-0.25, -0.2) is 9.59 Å². The Hall–Kier alpha value is -2.28. The summed E-state index contributed by atoms with van der Waals surface area (Å²) in [7, 11) is 3.79. The van der Waals surface area contributed by atoms with Crippen LogP contribution in [0.15, 0.2) is 24.3 Å². The van der Waals surface area contributed by atoms with Crippen LogP contribution in [0.3, 0.4) is 0 Å². The molecular weight excluding hydrogens is 262 g/mol. The molecule has 0 spiro atoms. The number of amides is 2. The van der Waals surface area contributed by atoms with Gasteiger partial charge in [0.2, 0.25) is 0 Å².